The Hall–Kier alpha value is -3.22. The summed E-state index contributed by atoms with van der Waals surface area (Å²) in [5, 5.41) is 3.07. The molecule has 144 valence electrons. The van der Waals surface area contributed by atoms with Crippen molar-refractivity contribution in [1.29, 1.82) is 0 Å². The molecule has 1 aliphatic heterocycles. The molecule has 7 heteroatoms. The molecule has 0 spiro atoms. The van der Waals surface area contributed by atoms with Crippen LogP contribution in [0.5, 0.6) is 0 Å². The van der Waals surface area contributed by atoms with Gasteiger partial charge < -0.3 is 15.1 Å². The molecule has 2 aromatic carbocycles. The Bertz CT molecular complexity index is 941. The summed E-state index contributed by atoms with van der Waals surface area (Å²) in [6.07, 6.45) is 1.69. The van der Waals surface area contributed by atoms with E-state index in [1.807, 2.05) is 17.0 Å². The molecule has 0 aliphatic carbocycles. The second-order valence-electron chi connectivity index (χ2n) is 6.61. The number of anilines is 3. The smallest absolute Gasteiger partial charge is 0.224 e. The molecule has 0 amide bonds. The van der Waals surface area contributed by atoms with Gasteiger partial charge in [-0.25, -0.2) is 13.8 Å². The van der Waals surface area contributed by atoms with Crippen molar-refractivity contribution in [2.45, 2.75) is 6.54 Å². The van der Waals surface area contributed by atoms with Crippen molar-refractivity contribution in [3.05, 3.63) is 78.0 Å². The number of nitrogens with one attached hydrogen (secondary N) is 1. The third kappa shape index (κ3) is 4.03. The third-order valence-corrected chi connectivity index (χ3v) is 4.83. The topological polar surface area (TPSA) is 44.3 Å². The molecular formula is C21H21F2N5. The second kappa shape index (κ2) is 8.21. The molecule has 0 bridgehead atoms. The summed E-state index contributed by atoms with van der Waals surface area (Å²) in [4.78, 5) is 13.0. The molecule has 1 aromatic heterocycles. The lowest BCUT2D eigenvalue weighted by Crippen LogP contribution is -2.47. The second-order valence-corrected chi connectivity index (χ2v) is 6.61. The lowest BCUT2D eigenvalue weighted by atomic mass is 10.2. The van der Waals surface area contributed by atoms with E-state index in [4.69, 9.17) is 0 Å². The predicted molar refractivity (Wildman–Crippen MR) is 107 cm³/mol. The first-order valence-corrected chi connectivity index (χ1v) is 9.25. The minimum Gasteiger partial charge on any atom is -0.366 e. The monoisotopic (exact) mass is 381 g/mol. The van der Waals surface area contributed by atoms with E-state index in [2.05, 4.69) is 20.2 Å². The van der Waals surface area contributed by atoms with Gasteiger partial charge in [0, 0.05) is 44.5 Å². The van der Waals surface area contributed by atoms with Crippen LogP contribution >= 0.6 is 0 Å². The van der Waals surface area contributed by atoms with Gasteiger partial charge in [-0.05, 0) is 24.3 Å². The Balaban J connectivity index is 1.39. The fraction of sp³-hybridized carbons (Fsp3) is 0.238. The number of para-hydroxylation sites is 1. The highest BCUT2D eigenvalue weighted by Crippen LogP contribution is 2.22. The number of halogens is 2. The van der Waals surface area contributed by atoms with Gasteiger partial charge in [-0.1, -0.05) is 30.3 Å². The first kappa shape index (κ1) is 18.2. The fourth-order valence-electron chi connectivity index (χ4n) is 3.31. The minimum absolute atomic E-state index is 0.197. The maximum Gasteiger partial charge on any atom is 0.224 e. The zero-order chi connectivity index (χ0) is 19.3. The molecule has 3 aromatic rings. The van der Waals surface area contributed by atoms with E-state index in [0.29, 0.717) is 36.8 Å². The molecule has 5 nitrogen and oxygen atoms in total. The van der Waals surface area contributed by atoms with Gasteiger partial charge in [0.15, 0.2) is 0 Å². The van der Waals surface area contributed by atoms with Crippen molar-refractivity contribution < 1.29 is 8.78 Å². The third-order valence-electron chi connectivity index (χ3n) is 4.83. The predicted octanol–water partition coefficient (Wildman–Crippen LogP) is 3.69. The normalized spacial score (nSPS) is 14.2. The van der Waals surface area contributed by atoms with Crippen LogP contribution in [0.1, 0.15) is 5.56 Å². The summed E-state index contributed by atoms with van der Waals surface area (Å²) in [5.74, 6) is 0.810. The van der Waals surface area contributed by atoms with E-state index < -0.39 is 0 Å². The van der Waals surface area contributed by atoms with Gasteiger partial charge in [0.05, 0.1) is 5.69 Å². The van der Waals surface area contributed by atoms with Gasteiger partial charge in [0.2, 0.25) is 5.95 Å². The van der Waals surface area contributed by atoms with Crippen molar-refractivity contribution in [3.63, 3.8) is 0 Å². The summed E-state index contributed by atoms with van der Waals surface area (Å²) in [5.41, 5.74) is 1.20. The van der Waals surface area contributed by atoms with Crippen LogP contribution in [0.4, 0.5) is 26.2 Å². The standard InChI is InChI=1S/C21H21F2N5/c22-17-6-2-1-5-16(17)15-25-21-24-10-9-20(26-21)28-13-11-27(12-14-28)19-8-4-3-7-18(19)23/h1-10H,11-15H2,(H,24,25,26). The Kier molecular flexibility index (Phi) is 5.32. The van der Waals surface area contributed by atoms with Crippen LogP contribution in [-0.2, 0) is 6.54 Å². The number of aromatic nitrogens is 2. The first-order chi connectivity index (χ1) is 13.7. The fourth-order valence-corrected chi connectivity index (χ4v) is 3.31. The molecule has 1 fully saturated rings. The largest absolute Gasteiger partial charge is 0.366 e. The first-order valence-electron chi connectivity index (χ1n) is 9.25. The Morgan fingerprint density at radius 3 is 2.25 bits per heavy atom. The lowest BCUT2D eigenvalue weighted by molar-refractivity contribution is 0.596. The number of piperazine rings is 1. The molecule has 28 heavy (non-hydrogen) atoms. The number of hydrogen-bond donors (Lipinski definition) is 1. The van der Waals surface area contributed by atoms with Gasteiger partial charge in [0.25, 0.3) is 0 Å². The Labute approximate surface area is 162 Å². The average molecular weight is 381 g/mol. The molecule has 2 heterocycles. The van der Waals surface area contributed by atoms with Gasteiger partial charge in [0.1, 0.15) is 17.5 Å². The van der Waals surface area contributed by atoms with Gasteiger partial charge in [-0.2, -0.15) is 4.98 Å². The van der Waals surface area contributed by atoms with E-state index in [-0.39, 0.29) is 11.6 Å². The molecule has 1 aliphatic rings. The van der Waals surface area contributed by atoms with Crippen molar-refractivity contribution in [2.24, 2.45) is 0 Å². The highest BCUT2D eigenvalue weighted by molar-refractivity contribution is 5.51. The minimum atomic E-state index is -0.254. The molecule has 4 rings (SSSR count). The summed E-state index contributed by atoms with van der Waals surface area (Å²) in [7, 11) is 0. The number of benzene rings is 2. The van der Waals surface area contributed by atoms with Crippen LogP contribution in [-0.4, -0.2) is 36.1 Å². The molecule has 0 saturated carbocycles. The molecule has 0 atom stereocenters. The molecule has 1 saturated heterocycles. The van der Waals surface area contributed by atoms with Crippen molar-refractivity contribution >= 4 is 17.5 Å². The Morgan fingerprint density at radius 1 is 0.821 bits per heavy atom. The van der Waals surface area contributed by atoms with Crippen molar-refractivity contribution in [1.82, 2.24) is 9.97 Å². The summed E-state index contributed by atoms with van der Waals surface area (Å²) >= 11 is 0. The van der Waals surface area contributed by atoms with E-state index >= 15 is 0 Å². The van der Waals surface area contributed by atoms with Crippen LogP contribution in [0, 0.1) is 11.6 Å². The molecule has 1 N–H and O–H groups in total. The van der Waals surface area contributed by atoms with Crippen LogP contribution in [0.15, 0.2) is 60.8 Å². The summed E-state index contributed by atoms with van der Waals surface area (Å²) in [6.45, 7) is 3.21. The average Bonchev–Trinajstić information content (AvgIpc) is 2.74. The van der Waals surface area contributed by atoms with Gasteiger partial charge in [-0.15, -0.1) is 0 Å². The SMILES string of the molecule is Fc1ccccc1CNc1nccc(N2CCN(c3ccccc3F)CC2)n1. The molecule has 0 unspecified atom stereocenters. The van der Waals surface area contributed by atoms with Crippen molar-refractivity contribution in [3.8, 4) is 0 Å². The van der Waals surface area contributed by atoms with Crippen LogP contribution in [0.25, 0.3) is 0 Å². The van der Waals surface area contributed by atoms with E-state index in [9.17, 15) is 8.78 Å². The van der Waals surface area contributed by atoms with Crippen LogP contribution in [0.3, 0.4) is 0 Å². The molecular weight excluding hydrogens is 360 g/mol. The highest BCUT2D eigenvalue weighted by atomic mass is 19.1. The molecule has 0 radical (unpaired) electrons. The number of rotatable bonds is 5. The Morgan fingerprint density at radius 2 is 1.50 bits per heavy atom. The zero-order valence-corrected chi connectivity index (χ0v) is 15.4. The van der Waals surface area contributed by atoms with Crippen LogP contribution < -0.4 is 15.1 Å². The number of hydrogen-bond acceptors (Lipinski definition) is 5. The zero-order valence-electron chi connectivity index (χ0n) is 15.4. The van der Waals surface area contributed by atoms with Gasteiger partial charge in [-0.3, -0.25) is 0 Å². The number of nitrogens with zero attached hydrogens (tertiary/aromatic N) is 4. The lowest BCUT2D eigenvalue weighted by Gasteiger charge is -2.36. The quantitative estimate of drug-likeness (QED) is 0.730. The summed E-state index contributed by atoms with van der Waals surface area (Å²) in [6, 6.07) is 15.3. The summed E-state index contributed by atoms with van der Waals surface area (Å²) < 4.78 is 27.7. The van der Waals surface area contributed by atoms with Crippen molar-refractivity contribution in [2.75, 3.05) is 41.3 Å². The van der Waals surface area contributed by atoms with Crippen LogP contribution in [0.2, 0.25) is 0 Å². The maximum absolute atomic E-state index is 14.0. The van der Waals surface area contributed by atoms with E-state index in [0.717, 1.165) is 18.9 Å². The maximum atomic E-state index is 14.0. The van der Waals surface area contributed by atoms with E-state index in [1.54, 1.807) is 36.5 Å². The van der Waals surface area contributed by atoms with E-state index in [1.165, 1.54) is 12.1 Å². The highest BCUT2D eigenvalue weighted by Gasteiger charge is 2.20. The van der Waals surface area contributed by atoms with Gasteiger partial charge >= 0.3 is 0 Å².